The van der Waals surface area contributed by atoms with Crippen LogP contribution in [0.2, 0.25) is 0 Å². The van der Waals surface area contributed by atoms with Crippen molar-refractivity contribution in [2.75, 3.05) is 5.32 Å². The highest BCUT2D eigenvalue weighted by molar-refractivity contribution is 6.37. The molecule has 0 bridgehead atoms. The summed E-state index contributed by atoms with van der Waals surface area (Å²) >= 11 is 0. The Morgan fingerprint density at radius 1 is 0.395 bits per heavy atom. The number of carbonyl (C=O) groups is 1. The van der Waals surface area contributed by atoms with Gasteiger partial charge in [-0.3, -0.25) is 4.79 Å². The number of nitrogens with one attached hydrogen (secondary N) is 1. The Balaban J connectivity index is 1.33. The van der Waals surface area contributed by atoms with Gasteiger partial charge in [0.2, 0.25) is 0 Å². The van der Waals surface area contributed by atoms with Crippen LogP contribution < -0.4 is 5.32 Å². The van der Waals surface area contributed by atoms with E-state index in [2.05, 4.69) is 108 Å². The first-order chi connectivity index (χ1) is 21.2. The van der Waals surface area contributed by atoms with Crippen LogP contribution >= 0.6 is 0 Å². The van der Waals surface area contributed by atoms with Gasteiger partial charge in [0.05, 0.1) is 0 Å². The van der Waals surface area contributed by atoms with Gasteiger partial charge in [-0.2, -0.15) is 0 Å². The van der Waals surface area contributed by atoms with E-state index in [1.54, 1.807) is 0 Å². The van der Waals surface area contributed by atoms with Crippen LogP contribution in [0, 0.1) is 0 Å². The van der Waals surface area contributed by atoms with Gasteiger partial charge in [0.1, 0.15) is 0 Å². The second-order valence-electron chi connectivity index (χ2n) is 11.4. The molecule has 43 heavy (non-hydrogen) atoms. The zero-order chi connectivity index (χ0) is 28.5. The normalized spacial score (nSPS) is 11.8. The van der Waals surface area contributed by atoms with Crippen molar-refractivity contribution in [1.82, 2.24) is 0 Å². The van der Waals surface area contributed by atoms with E-state index in [0.717, 1.165) is 16.8 Å². The molecule has 0 radical (unpaired) electrons. The molecule has 2 heteroatoms. The first-order valence-electron chi connectivity index (χ1n) is 14.6. The summed E-state index contributed by atoms with van der Waals surface area (Å²) in [5.41, 5.74) is 3.63. The predicted molar refractivity (Wildman–Crippen MR) is 182 cm³/mol. The molecule has 0 atom stereocenters. The number of rotatable bonds is 3. The Morgan fingerprint density at radius 2 is 0.907 bits per heavy atom. The Labute approximate surface area is 248 Å². The molecule has 0 saturated carbocycles. The van der Waals surface area contributed by atoms with Crippen LogP contribution in [-0.2, 0) is 0 Å². The lowest BCUT2D eigenvalue weighted by molar-refractivity contribution is 0.102. The minimum Gasteiger partial charge on any atom is -0.322 e. The van der Waals surface area contributed by atoms with Crippen LogP contribution in [0.5, 0.6) is 0 Å². The van der Waals surface area contributed by atoms with Gasteiger partial charge in [0, 0.05) is 11.3 Å². The predicted octanol–water partition coefficient (Wildman–Crippen LogP) is 11.0. The molecule has 9 aromatic rings. The third-order valence-corrected chi connectivity index (χ3v) is 8.94. The molecule has 200 valence electrons. The van der Waals surface area contributed by atoms with Gasteiger partial charge in [-0.05, 0) is 112 Å². The van der Waals surface area contributed by atoms with Crippen LogP contribution in [0.3, 0.4) is 0 Å². The number of fused-ring (bicyclic) bond motifs is 2. The van der Waals surface area contributed by atoms with Crippen LogP contribution in [0.15, 0.2) is 146 Å². The van der Waals surface area contributed by atoms with E-state index < -0.39 is 0 Å². The molecule has 9 rings (SSSR count). The van der Waals surface area contributed by atoms with Crippen molar-refractivity contribution in [2.45, 2.75) is 0 Å². The van der Waals surface area contributed by atoms with Gasteiger partial charge in [-0.1, -0.05) is 109 Å². The quantitative estimate of drug-likeness (QED) is 0.219. The monoisotopic (exact) mass is 547 g/mol. The molecule has 0 aliphatic carbocycles. The zero-order valence-corrected chi connectivity index (χ0v) is 23.3. The fourth-order valence-corrected chi connectivity index (χ4v) is 6.99. The maximum Gasteiger partial charge on any atom is 0.255 e. The number of hydrogen-bond acceptors (Lipinski definition) is 1. The molecule has 2 nitrogen and oxygen atoms in total. The molecule has 0 aliphatic heterocycles. The molecule has 0 aliphatic rings. The summed E-state index contributed by atoms with van der Waals surface area (Å²) in [6.07, 6.45) is 0. The molecule has 1 amide bonds. The number of hydrogen-bond donors (Lipinski definition) is 1. The van der Waals surface area contributed by atoms with E-state index in [1.165, 1.54) is 64.6 Å². The highest BCUT2D eigenvalue weighted by Gasteiger charge is 2.16. The SMILES string of the molecule is O=C(Nc1ccccc1)c1ccc(-c2cc3ccc4cccc5c6cccc7ccc8cccc(c(c2)c3c45)c8c76)cc1. The highest BCUT2D eigenvalue weighted by atomic mass is 16.1. The first kappa shape index (κ1) is 23.9. The molecule has 0 saturated heterocycles. The topological polar surface area (TPSA) is 29.1 Å². The largest absolute Gasteiger partial charge is 0.322 e. The molecule has 0 aromatic heterocycles. The van der Waals surface area contributed by atoms with Gasteiger partial charge in [-0.15, -0.1) is 0 Å². The molecular weight excluding hydrogens is 522 g/mol. The molecule has 0 unspecified atom stereocenters. The van der Waals surface area contributed by atoms with E-state index in [4.69, 9.17) is 0 Å². The minimum atomic E-state index is -0.114. The lowest BCUT2D eigenvalue weighted by Crippen LogP contribution is -2.11. The second-order valence-corrected chi connectivity index (χ2v) is 11.4. The van der Waals surface area contributed by atoms with E-state index in [1.807, 2.05) is 42.5 Å². The van der Waals surface area contributed by atoms with Gasteiger partial charge < -0.3 is 5.32 Å². The fraction of sp³-hybridized carbons (Fsp3) is 0. The fourth-order valence-electron chi connectivity index (χ4n) is 6.99. The molecule has 9 aromatic carbocycles. The lowest BCUT2D eigenvalue weighted by Gasteiger charge is -2.17. The summed E-state index contributed by atoms with van der Waals surface area (Å²) in [6.45, 7) is 0. The van der Waals surface area contributed by atoms with Crippen LogP contribution in [0.25, 0.3) is 75.8 Å². The van der Waals surface area contributed by atoms with Gasteiger partial charge in [0.15, 0.2) is 0 Å². The smallest absolute Gasteiger partial charge is 0.255 e. The number of carbonyl (C=O) groups excluding carboxylic acids is 1. The lowest BCUT2D eigenvalue weighted by atomic mass is 9.86. The standard InChI is InChI=1S/C41H25NO/c43-41(42-32-10-2-1-3-11-32)29-20-15-25(16-21-29)31-23-30-22-19-28-8-5-13-34-33-12-4-7-26-17-18-27-9-6-14-35(39(27)37(26)33)36(24-31)40(30)38(28)34/h1-24H,(H,42,43). The second kappa shape index (κ2) is 9.14. The first-order valence-corrected chi connectivity index (χ1v) is 14.6. The van der Waals surface area contributed by atoms with Crippen molar-refractivity contribution in [1.29, 1.82) is 0 Å². The summed E-state index contributed by atoms with van der Waals surface area (Å²) in [5, 5.41) is 18.2. The van der Waals surface area contributed by atoms with E-state index in [9.17, 15) is 4.79 Å². The maximum atomic E-state index is 12.9. The average molecular weight is 548 g/mol. The van der Waals surface area contributed by atoms with Gasteiger partial charge in [0.25, 0.3) is 5.91 Å². The van der Waals surface area contributed by atoms with E-state index in [0.29, 0.717) is 5.56 Å². The number of benzene rings is 8. The Bertz CT molecular complexity index is 2520. The molecule has 1 N–H and O–H groups in total. The average Bonchev–Trinajstić information content (AvgIpc) is 3.06. The molecule has 0 spiro atoms. The number of anilines is 1. The summed E-state index contributed by atoms with van der Waals surface area (Å²) < 4.78 is 0. The Hall–Kier alpha value is -5.73. The van der Waals surface area contributed by atoms with Crippen molar-refractivity contribution in [2.24, 2.45) is 0 Å². The van der Waals surface area contributed by atoms with Crippen molar-refractivity contribution in [3.8, 4) is 11.1 Å². The highest BCUT2D eigenvalue weighted by Crippen LogP contribution is 2.44. The maximum absolute atomic E-state index is 12.9. The zero-order valence-electron chi connectivity index (χ0n) is 23.3. The molecular formula is C41H25NO. The third-order valence-electron chi connectivity index (χ3n) is 8.94. The van der Waals surface area contributed by atoms with Crippen molar-refractivity contribution >= 4 is 76.2 Å². The summed E-state index contributed by atoms with van der Waals surface area (Å²) in [7, 11) is 0. The number of amides is 1. The third kappa shape index (κ3) is 3.63. The Morgan fingerprint density at radius 3 is 1.49 bits per heavy atom. The minimum absolute atomic E-state index is 0.114. The molecule has 0 heterocycles. The van der Waals surface area contributed by atoms with Crippen molar-refractivity contribution < 1.29 is 4.79 Å². The van der Waals surface area contributed by atoms with Gasteiger partial charge in [-0.25, -0.2) is 0 Å². The van der Waals surface area contributed by atoms with Crippen LogP contribution in [0.1, 0.15) is 10.4 Å². The van der Waals surface area contributed by atoms with Crippen molar-refractivity contribution in [3.63, 3.8) is 0 Å². The molecule has 0 fully saturated rings. The number of para-hydroxylation sites is 1. The van der Waals surface area contributed by atoms with E-state index in [-0.39, 0.29) is 5.91 Å². The summed E-state index contributed by atoms with van der Waals surface area (Å²) in [6, 6.07) is 51.2. The van der Waals surface area contributed by atoms with E-state index >= 15 is 0 Å². The Kier molecular flexibility index (Phi) is 5.08. The van der Waals surface area contributed by atoms with Crippen LogP contribution in [-0.4, -0.2) is 5.91 Å². The van der Waals surface area contributed by atoms with Gasteiger partial charge >= 0.3 is 0 Å². The van der Waals surface area contributed by atoms with Crippen molar-refractivity contribution in [3.05, 3.63) is 151 Å². The summed E-state index contributed by atoms with van der Waals surface area (Å²) in [4.78, 5) is 12.9. The summed E-state index contributed by atoms with van der Waals surface area (Å²) in [5.74, 6) is -0.114. The van der Waals surface area contributed by atoms with Crippen LogP contribution in [0.4, 0.5) is 5.69 Å².